The molecule has 0 radical (unpaired) electrons. The zero-order chi connectivity index (χ0) is 24.9. The Labute approximate surface area is 197 Å². The maximum atomic E-state index is 12.9. The molecule has 3 aromatic carbocycles. The molecule has 0 atom stereocenters. The minimum absolute atomic E-state index is 0.0372. The van der Waals surface area contributed by atoms with Gasteiger partial charge in [-0.15, -0.1) is 0 Å². The van der Waals surface area contributed by atoms with Crippen LogP contribution in [-0.2, 0) is 22.6 Å². The number of anilines is 2. The van der Waals surface area contributed by atoms with E-state index in [0.717, 1.165) is 37.0 Å². The molecule has 0 saturated carbocycles. The molecule has 0 aromatic heterocycles. The normalized spacial score (nSPS) is 11.8. The molecule has 34 heavy (non-hydrogen) atoms. The lowest BCUT2D eigenvalue weighted by atomic mass is 10.1. The minimum atomic E-state index is -4.55. The van der Waals surface area contributed by atoms with Gasteiger partial charge in [-0.2, -0.15) is 13.2 Å². The number of amides is 1. The third-order valence-corrected chi connectivity index (χ3v) is 6.62. The van der Waals surface area contributed by atoms with E-state index >= 15 is 0 Å². The summed E-state index contributed by atoms with van der Waals surface area (Å²) in [6.45, 7) is 3.71. The van der Waals surface area contributed by atoms with E-state index in [1.165, 1.54) is 30.3 Å². The Kier molecular flexibility index (Phi) is 7.66. The molecule has 5 nitrogen and oxygen atoms in total. The number of carbonyl (C=O) groups excluding carboxylic acids is 1. The van der Waals surface area contributed by atoms with E-state index in [1.54, 1.807) is 19.1 Å². The van der Waals surface area contributed by atoms with Crippen LogP contribution < -0.4 is 10.0 Å². The SMILES string of the molecule is CCCCc1ccc(NS(=O)(=O)c2ccc(C)c(C(=O)Nc3cccc(C(F)(F)F)c3)c2)cc1. The summed E-state index contributed by atoms with van der Waals surface area (Å²) >= 11 is 0. The number of benzene rings is 3. The maximum absolute atomic E-state index is 12.9. The highest BCUT2D eigenvalue weighted by atomic mass is 32.2. The first-order chi connectivity index (χ1) is 16.0. The van der Waals surface area contributed by atoms with Crippen LogP contribution in [0.5, 0.6) is 0 Å². The number of halogens is 3. The summed E-state index contributed by atoms with van der Waals surface area (Å²) in [5, 5.41) is 2.41. The number of carbonyl (C=O) groups is 1. The van der Waals surface area contributed by atoms with Crippen LogP contribution in [-0.4, -0.2) is 14.3 Å². The zero-order valence-electron chi connectivity index (χ0n) is 18.7. The fourth-order valence-corrected chi connectivity index (χ4v) is 4.40. The van der Waals surface area contributed by atoms with Gasteiger partial charge >= 0.3 is 6.18 Å². The molecule has 3 rings (SSSR count). The van der Waals surface area contributed by atoms with E-state index in [-0.39, 0.29) is 16.1 Å². The number of rotatable bonds is 8. The van der Waals surface area contributed by atoms with E-state index in [9.17, 15) is 26.4 Å². The fourth-order valence-electron chi connectivity index (χ4n) is 3.32. The van der Waals surface area contributed by atoms with Gasteiger partial charge in [-0.1, -0.05) is 37.6 Å². The first-order valence-corrected chi connectivity index (χ1v) is 12.2. The molecule has 3 aromatic rings. The first kappa shape index (κ1) is 25.3. The lowest BCUT2D eigenvalue weighted by molar-refractivity contribution is -0.137. The summed E-state index contributed by atoms with van der Waals surface area (Å²) < 4.78 is 67.1. The number of aryl methyl sites for hydroxylation is 2. The summed E-state index contributed by atoms with van der Waals surface area (Å²) in [6, 6.07) is 15.4. The van der Waals surface area contributed by atoms with Crippen molar-refractivity contribution in [2.45, 2.75) is 44.2 Å². The first-order valence-electron chi connectivity index (χ1n) is 10.7. The highest BCUT2D eigenvalue weighted by Crippen LogP contribution is 2.31. The van der Waals surface area contributed by atoms with Gasteiger partial charge in [-0.05, 0) is 73.4 Å². The second-order valence-electron chi connectivity index (χ2n) is 7.92. The molecule has 0 fully saturated rings. The molecular formula is C25H25F3N2O3S. The van der Waals surface area contributed by atoms with Crippen LogP contribution in [0.2, 0.25) is 0 Å². The summed E-state index contributed by atoms with van der Waals surface area (Å²) in [5.74, 6) is -0.714. The number of alkyl halides is 3. The Morgan fingerprint density at radius 2 is 1.65 bits per heavy atom. The topological polar surface area (TPSA) is 75.3 Å². The van der Waals surface area contributed by atoms with Crippen molar-refractivity contribution in [3.63, 3.8) is 0 Å². The quantitative estimate of drug-likeness (QED) is 0.383. The molecule has 2 N–H and O–H groups in total. The van der Waals surface area contributed by atoms with Crippen molar-refractivity contribution in [1.82, 2.24) is 0 Å². The van der Waals surface area contributed by atoms with Gasteiger partial charge in [0.1, 0.15) is 0 Å². The van der Waals surface area contributed by atoms with Crippen molar-refractivity contribution in [3.8, 4) is 0 Å². The lowest BCUT2D eigenvalue weighted by Gasteiger charge is -2.13. The van der Waals surface area contributed by atoms with E-state index in [0.29, 0.717) is 11.3 Å². The van der Waals surface area contributed by atoms with Crippen LogP contribution in [0.4, 0.5) is 24.5 Å². The molecule has 0 aliphatic heterocycles. The molecule has 0 spiro atoms. The summed E-state index contributed by atoms with van der Waals surface area (Å²) in [6.07, 6.45) is -1.54. The van der Waals surface area contributed by atoms with E-state index < -0.39 is 27.7 Å². The van der Waals surface area contributed by atoms with Gasteiger partial charge in [-0.25, -0.2) is 8.42 Å². The smallest absolute Gasteiger partial charge is 0.322 e. The van der Waals surface area contributed by atoms with Gasteiger partial charge in [0, 0.05) is 16.9 Å². The van der Waals surface area contributed by atoms with Crippen molar-refractivity contribution in [3.05, 3.63) is 89.0 Å². The Bertz CT molecular complexity index is 1270. The largest absolute Gasteiger partial charge is 0.416 e. The molecule has 0 aliphatic rings. The van der Waals surface area contributed by atoms with Crippen LogP contribution >= 0.6 is 0 Å². The molecule has 0 bridgehead atoms. The molecule has 0 aliphatic carbocycles. The van der Waals surface area contributed by atoms with Gasteiger partial charge in [-0.3, -0.25) is 9.52 Å². The van der Waals surface area contributed by atoms with Gasteiger partial charge < -0.3 is 5.32 Å². The third-order valence-electron chi connectivity index (χ3n) is 5.24. The predicted octanol–water partition coefficient (Wildman–Crippen LogP) is 6.41. The van der Waals surface area contributed by atoms with Gasteiger partial charge in [0.15, 0.2) is 0 Å². The monoisotopic (exact) mass is 490 g/mol. The molecule has 1 amide bonds. The Morgan fingerprint density at radius 1 is 0.941 bits per heavy atom. The Balaban J connectivity index is 1.80. The van der Waals surface area contributed by atoms with Crippen molar-refractivity contribution < 1.29 is 26.4 Å². The van der Waals surface area contributed by atoms with Crippen LogP contribution in [0.3, 0.4) is 0 Å². The number of unbranched alkanes of at least 4 members (excludes halogenated alkanes) is 1. The standard InChI is InChI=1S/C25H25F3N2O3S/c1-3-4-6-18-10-12-20(13-11-18)30-34(32,33)22-14-9-17(2)23(16-22)24(31)29-21-8-5-7-19(15-21)25(26,27)28/h5,7-16,30H,3-4,6H2,1-2H3,(H,29,31). The minimum Gasteiger partial charge on any atom is -0.322 e. The second kappa shape index (κ2) is 10.3. The number of hydrogen-bond donors (Lipinski definition) is 2. The summed E-state index contributed by atoms with van der Waals surface area (Å²) in [5.41, 5.74) is 1.06. The van der Waals surface area contributed by atoms with Crippen LogP contribution in [0.15, 0.2) is 71.6 Å². The third kappa shape index (κ3) is 6.38. The van der Waals surface area contributed by atoms with Crippen molar-refractivity contribution >= 4 is 27.3 Å². The van der Waals surface area contributed by atoms with Gasteiger partial charge in [0.05, 0.1) is 10.5 Å². The lowest BCUT2D eigenvalue weighted by Crippen LogP contribution is -2.17. The zero-order valence-corrected chi connectivity index (χ0v) is 19.6. The maximum Gasteiger partial charge on any atom is 0.416 e. The summed E-state index contributed by atoms with van der Waals surface area (Å²) in [4.78, 5) is 12.6. The highest BCUT2D eigenvalue weighted by Gasteiger charge is 2.30. The summed E-state index contributed by atoms with van der Waals surface area (Å²) in [7, 11) is -3.99. The predicted molar refractivity (Wildman–Crippen MR) is 126 cm³/mol. The highest BCUT2D eigenvalue weighted by molar-refractivity contribution is 7.92. The van der Waals surface area contributed by atoms with Gasteiger partial charge in [0.2, 0.25) is 0 Å². The van der Waals surface area contributed by atoms with Crippen LogP contribution in [0.25, 0.3) is 0 Å². The van der Waals surface area contributed by atoms with E-state index in [4.69, 9.17) is 0 Å². The Hall–Kier alpha value is -3.33. The molecular weight excluding hydrogens is 465 g/mol. The van der Waals surface area contributed by atoms with E-state index in [1.807, 2.05) is 12.1 Å². The number of nitrogens with one attached hydrogen (secondary N) is 2. The number of hydrogen-bond acceptors (Lipinski definition) is 3. The molecule has 0 unspecified atom stereocenters. The average molecular weight is 491 g/mol. The van der Waals surface area contributed by atoms with Crippen LogP contribution in [0, 0.1) is 6.92 Å². The van der Waals surface area contributed by atoms with Crippen molar-refractivity contribution in [2.24, 2.45) is 0 Å². The Morgan fingerprint density at radius 3 is 2.29 bits per heavy atom. The molecule has 9 heteroatoms. The van der Waals surface area contributed by atoms with Gasteiger partial charge in [0.25, 0.3) is 15.9 Å². The van der Waals surface area contributed by atoms with Crippen molar-refractivity contribution in [1.29, 1.82) is 0 Å². The van der Waals surface area contributed by atoms with Crippen molar-refractivity contribution in [2.75, 3.05) is 10.0 Å². The second-order valence-corrected chi connectivity index (χ2v) is 9.60. The molecule has 0 saturated heterocycles. The fraction of sp³-hybridized carbons (Fsp3) is 0.240. The number of sulfonamides is 1. The molecule has 0 heterocycles. The average Bonchev–Trinajstić information content (AvgIpc) is 2.78. The van der Waals surface area contributed by atoms with E-state index in [2.05, 4.69) is 17.0 Å². The van der Waals surface area contributed by atoms with Crippen LogP contribution in [0.1, 0.15) is 46.8 Å². The molecule has 180 valence electrons.